The minimum absolute atomic E-state index is 0.238. The molecule has 6 heteroatoms. The van der Waals surface area contributed by atoms with E-state index in [0.717, 1.165) is 12.8 Å². The number of aromatic nitrogens is 2. The first-order chi connectivity index (χ1) is 8.70. The van der Waals surface area contributed by atoms with Crippen molar-refractivity contribution in [2.45, 2.75) is 12.8 Å². The van der Waals surface area contributed by atoms with Crippen molar-refractivity contribution in [3.8, 4) is 0 Å². The van der Waals surface area contributed by atoms with Gasteiger partial charge in [-0.25, -0.2) is 4.73 Å². The van der Waals surface area contributed by atoms with Crippen molar-refractivity contribution in [3.05, 3.63) is 35.3 Å². The largest absolute Gasteiger partial charge is 0.710 e. The van der Waals surface area contributed by atoms with Gasteiger partial charge >= 0.3 is 11.7 Å². The highest BCUT2D eigenvalue weighted by molar-refractivity contribution is 5.92. The van der Waals surface area contributed by atoms with E-state index in [2.05, 4.69) is 0 Å². The lowest BCUT2D eigenvalue weighted by Gasteiger charge is -2.13. The second-order valence-corrected chi connectivity index (χ2v) is 4.42. The zero-order valence-corrected chi connectivity index (χ0v) is 9.74. The Hall–Kier alpha value is -2.24. The van der Waals surface area contributed by atoms with Gasteiger partial charge in [0.05, 0.1) is 0 Å². The summed E-state index contributed by atoms with van der Waals surface area (Å²) in [6.07, 6.45) is 1.88. The quantitative estimate of drug-likeness (QED) is 0.459. The van der Waals surface area contributed by atoms with E-state index in [1.54, 1.807) is 29.2 Å². The lowest BCUT2D eigenvalue weighted by atomic mass is 10.3. The van der Waals surface area contributed by atoms with E-state index in [-0.39, 0.29) is 5.82 Å². The molecule has 1 N–H and O–H groups in total. The van der Waals surface area contributed by atoms with Gasteiger partial charge in [0.25, 0.3) is 0 Å². The molecule has 1 aromatic heterocycles. The van der Waals surface area contributed by atoms with Crippen molar-refractivity contribution in [2.75, 3.05) is 13.1 Å². The van der Waals surface area contributed by atoms with E-state index in [1.807, 2.05) is 0 Å². The van der Waals surface area contributed by atoms with Crippen LogP contribution in [0.3, 0.4) is 0 Å². The first kappa shape index (κ1) is 10.9. The number of carbonyl (C=O) groups excluding carboxylic acids is 1. The molecule has 0 saturated carbocycles. The number of hydrogen-bond acceptors (Lipinski definition) is 3. The maximum absolute atomic E-state index is 12.2. The van der Waals surface area contributed by atoms with Gasteiger partial charge in [-0.1, -0.05) is 12.1 Å². The van der Waals surface area contributed by atoms with Crippen LogP contribution in [0.4, 0.5) is 0 Å². The highest BCUT2D eigenvalue weighted by Gasteiger charge is 2.33. The van der Waals surface area contributed by atoms with Crippen LogP contribution in [-0.4, -0.2) is 33.8 Å². The third-order valence-electron chi connectivity index (χ3n) is 3.31. The predicted molar refractivity (Wildman–Crippen MR) is 63.2 cm³/mol. The molecule has 0 bridgehead atoms. The van der Waals surface area contributed by atoms with Gasteiger partial charge < -0.3 is 15.3 Å². The number of benzene rings is 1. The van der Waals surface area contributed by atoms with Crippen molar-refractivity contribution >= 4 is 16.9 Å². The van der Waals surface area contributed by atoms with E-state index in [0.29, 0.717) is 33.6 Å². The van der Waals surface area contributed by atoms with E-state index in [9.17, 15) is 15.2 Å². The summed E-state index contributed by atoms with van der Waals surface area (Å²) in [4.78, 5) is 13.8. The molecule has 2 aromatic rings. The molecule has 1 fully saturated rings. The molecule has 18 heavy (non-hydrogen) atoms. The molecule has 0 unspecified atom stereocenters. The molecule has 1 amide bonds. The number of nitrogens with zero attached hydrogens (tertiary/aromatic N) is 3. The average Bonchev–Trinajstić information content (AvgIpc) is 2.99. The van der Waals surface area contributed by atoms with E-state index in [4.69, 9.17) is 0 Å². The topological polar surface area (TPSA) is 72.4 Å². The molecule has 0 radical (unpaired) electrons. The Morgan fingerprint density at radius 3 is 2.61 bits per heavy atom. The van der Waals surface area contributed by atoms with E-state index < -0.39 is 5.91 Å². The Bertz CT molecular complexity index is 575. The van der Waals surface area contributed by atoms with Crippen LogP contribution in [-0.2, 0) is 0 Å². The summed E-state index contributed by atoms with van der Waals surface area (Å²) in [5, 5.41) is 22.0. The second-order valence-electron chi connectivity index (χ2n) is 4.42. The van der Waals surface area contributed by atoms with E-state index >= 15 is 0 Å². The third kappa shape index (κ3) is 1.42. The zero-order chi connectivity index (χ0) is 12.7. The van der Waals surface area contributed by atoms with Crippen LogP contribution in [0.25, 0.3) is 11.0 Å². The summed E-state index contributed by atoms with van der Waals surface area (Å²) in [5.41, 5.74) is 0.637. The molecule has 0 atom stereocenters. The van der Waals surface area contributed by atoms with Gasteiger partial charge in [0, 0.05) is 13.1 Å². The van der Waals surface area contributed by atoms with Crippen LogP contribution < -0.4 is 4.73 Å². The van der Waals surface area contributed by atoms with Gasteiger partial charge in [-0.2, -0.15) is 0 Å². The highest BCUT2D eigenvalue weighted by Crippen LogP contribution is 2.16. The monoisotopic (exact) mass is 247 g/mol. The van der Waals surface area contributed by atoms with Gasteiger partial charge in [0.1, 0.15) is 0 Å². The SMILES string of the molecule is O=C(c1n(O)c2ccccc2[n+]1[O-])N1CCCC1. The van der Waals surface area contributed by atoms with Gasteiger partial charge in [0.15, 0.2) is 5.52 Å². The molecule has 94 valence electrons. The molecular formula is C12H13N3O3. The Labute approximate surface area is 103 Å². The van der Waals surface area contributed by atoms with Crippen molar-refractivity contribution in [1.82, 2.24) is 9.63 Å². The third-order valence-corrected chi connectivity index (χ3v) is 3.31. The fourth-order valence-corrected chi connectivity index (χ4v) is 2.37. The van der Waals surface area contributed by atoms with Gasteiger partial charge in [-0.3, -0.25) is 4.79 Å². The molecular weight excluding hydrogens is 234 g/mol. The molecule has 0 spiro atoms. The first-order valence-corrected chi connectivity index (χ1v) is 5.91. The Morgan fingerprint density at radius 2 is 1.94 bits per heavy atom. The number of carbonyl (C=O) groups is 1. The molecule has 1 aliphatic heterocycles. The van der Waals surface area contributed by atoms with Crippen LogP contribution in [0.2, 0.25) is 0 Å². The van der Waals surface area contributed by atoms with Crippen molar-refractivity contribution in [3.63, 3.8) is 0 Å². The summed E-state index contributed by atoms with van der Waals surface area (Å²) < 4.78 is 1.18. The smallest absolute Gasteiger partial charge is 0.391 e. The minimum Gasteiger partial charge on any atom is -0.710 e. The van der Waals surface area contributed by atoms with Crippen LogP contribution >= 0.6 is 0 Å². The van der Waals surface area contributed by atoms with Crippen LogP contribution in [0.5, 0.6) is 0 Å². The van der Waals surface area contributed by atoms with Gasteiger partial charge in [0.2, 0.25) is 5.52 Å². The second kappa shape index (κ2) is 3.90. The Morgan fingerprint density at radius 1 is 1.28 bits per heavy atom. The summed E-state index contributed by atoms with van der Waals surface area (Å²) >= 11 is 0. The van der Waals surface area contributed by atoms with E-state index in [1.165, 1.54) is 0 Å². The standard InChI is InChI=1S/C12H13N3O3/c16-12(13-7-3-4-8-13)11-14(17)9-5-1-2-6-10(9)15(11)18/h1-2,5-6,17H,3-4,7-8H2. The highest BCUT2D eigenvalue weighted by atomic mass is 16.5. The number of fused-ring (bicyclic) bond motifs is 1. The van der Waals surface area contributed by atoms with Crippen molar-refractivity contribution in [1.29, 1.82) is 0 Å². The number of rotatable bonds is 1. The fourth-order valence-electron chi connectivity index (χ4n) is 2.37. The minimum atomic E-state index is -0.416. The number of para-hydroxylation sites is 2. The molecule has 2 heterocycles. The van der Waals surface area contributed by atoms with Crippen LogP contribution in [0.15, 0.2) is 24.3 Å². The fraction of sp³-hybridized carbons (Fsp3) is 0.333. The lowest BCUT2D eigenvalue weighted by molar-refractivity contribution is -0.582. The maximum Gasteiger partial charge on any atom is 0.391 e. The van der Waals surface area contributed by atoms with Crippen molar-refractivity contribution in [2.24, 2.45) is 0 Å². The Balaban J connectivity index is 2.14. The number of likely N-dealkylation sites (tertiary alicyclic amines) is 1. The number of hydrogen-bond donors (Lipinski definition) is 1. The van der Waals surface area contributed by atoms with Gasteiger partial charge in [-0.05, 0) is 29.7 Å². The zero-order valence-electron chi connectivity index (χ0n) is 9.74. The molecule has 6 nitrogen and oxygen atoms in total. The van der Waals surface area contributed by atoms with Crippen LogP contribution in [0, 0.1) is 5.21 Å². The molecule has 1 saturated heterocycles. The number of imidazole rings is 1. The molecule has 1 aliphatic rings. The lowest BCUT2D eigenvalue weighted by Crippen LogP contribution is -2.41. The summed E-state index contributed by atoms with van der Waals surface area (Å²) in [6, 6.07) is 6.58. The number of amides is 1. The van der Waals surface area contributed by atoms with Gasteiger partial charge in [-0.15, -0.1) is 0 Å². The Kier molecular flexibility index (Phi) is 2.36. The molecule has 0 aliphatic carbocycles. The average molecular weight is 247 g/mol. The van der Waals surface area contributed by atoms with Crippen LogP contribution in [0.1, 0.15) is 23.5 Å². The van der Waals surface area contributed by atoms with Crippen molar-refractivity contribution < 1.29 is 14.7 Å². The summed E-state index contributed by atoms with van der Waals surface area (Å²) in [7, 11) is 0. The summed E-state index contributed by atoms with van der Waals surface area (Å²) in [5.74, 6) is -0.653. The maximum atomic E-state index is 12.2. The first-order valence-electron chi connectivity index (χ1n) is 5.91. The molecule has 1 aromatic carbocycles. The summed E-state index contributed by atoms with van der Waals surface area (Å²) in [6.45, 7) is 1.28. The predicted octanol–water partition coefficient (Wildman–Crippen LogP) is 0.748. The normalized spacial score (nSPS) is 15.4. The molecule has 3 rings (SSSR count).